The van der Waals surface area contributed by atoms with Gasteiger partial charge in [-0.25, -0.2) is 4.79 Å². The second kappa shape index (κ2) is 8.86. The monoisotopic (exact) mass is 402 g/mol. The van der Waals surface area contributed by atoms with E-state index in [0.29, 0.717) is 0 Å². The fourth-order valence-electron chi connectivity index (χ4n) is 3.88. The largest absolute Gasteiger partial charge is 0.619 e. The number of hydrogen-bond acceptors (Lipinski definition) is 3. The van der Waals surface area contributed by atoms with Crippen molar-refractivity contribution in [2.24, 2.45) is 0 Å². The van der Waals surface area contributed by atoms with Crippen LogP contribution in [0.5, 0.6) is 0 Å². The van der Waals surface area contributed by atoms with Gasteiger partial charge in [-0.3, -0.25) is 0 Å². The first kappa shape index (κ1) is 19.8. The summed E-state index contributed by atoms with van der Waals surface area (Å²) in [6.45, 7) is 1.72. The number of carbonyl (C=O) groups excluding carboxylic acids is 1. The van der Waals surface area contributed by atoms with Crippen molar-refractivity contribution < 1.29 is 9.52 Å². The molecule has 6 heteroatoms. The lowest BCUT2D eigenvalue weighted by Crippen LogP contribution is -2.47. The molecule has 0 spiro atoms. The lowest BCUT2D eigenvalue weighted by molar-refractivity contribution is -0.605. The molecule has 1 saturated heterocycles. The molecule has 0 unspecified atom stereocenters. The summed E-state index contributed by atoms with van der Waals surface area (Å²) in [4.78, 5) is 16.8. The van der Waals surface area contributed by atoms with Gasteiger partial charge in [-0.15, -0.1) is 0 Å². The molecule has 0 saturated carbocycles. The summed E-state index contributed by atoms with van der Waals surface area (Å²) < 4.78 is 0.792. The van der Waals surface area contributed by atoms with E-state index >= 15 is 0 Å². The van der Waals surface area contributed by atoms with Gasteiger partial charge in [0.05, 0.1) is 0 Å². The Bertz CT molecular complexity index is 966. The molecule has 0 atom stereocenters. The van der Waals surface area contributed by atoms with E-state index in [4.69, 9.17) is 0 Å². The second-order valence-corrected chi connectivity index (χ2v) is 7.62. The third kappa shape index (κ3) is 4.54. The Morgan fingerprint density at radius 1 is 0.967 bits per heavy atom. The van der Waals surface area contributed by atoms with Crippen molar-refractivity contribution in [2.45, 2.75) is 18.9 Å². The number of carbonyl (C=O) groups is 1. The van der Waals surface area contributed by atoms with Crippen LogP contribution in [0.2, 0.25) is 0 Å². The van der Waals surface area contributed by atoms with Gasteiger partial charge in [0.25, 0.3) is 0 Å². The fraction of sp³-hybridized carbons (Fsp3) is 0.250. The SMILES string of the molecule is CN(C(=O)Nc1ccc(-c2ccccc2)cc1)C1CCN(c2cc[n+]([O-])cc2)CC1. The Morgan fingerprint density at radius 2 is 1.57 bits per heavy atom. The lowest BCUT2D eigenvalue weighted by atomic mass is 10.0. The first-order valence-corrected chi connectivity index (χ1v) is 10.2. The molecule has 0 bridgehead atoms. The van der Waals surface area contributed by atoms with Gasteiger partial charge in [-0.2, -0.15) is 4.73 Å². The van der Waals surface area contributed by atoms with Crippen molar-refractivity contribution in [3.8, 4) is 11.1 Å². The standard InChI is InChI=1S/C24H26N4O2/c1-26(22-11-15-27(16-12-22)23-13-17-28(30)18-14-23)24(29)25-21-9-7-20(8-10-21)19-5-3-2-4-6-19/h2-10,13-14,17-18,22H,11-12,15-16H2,1H3,(H,25,29). The molecule has 1 fully saturated rings. The maximum Gasteiger partial charge on any atom is 0.321 e. The van der Waals surface area contributed by atoms with Gasteiger partial charge in [0.15, 0.2) is 12.4 Å². The number of piperidine rings is 1. The Morgan fingerprint density at radius 3 is 2.20 bits per heavy atom. The predicted molar refractivity (Wildman–Crippen MR) is 119 cm³/mol. The minimum Gasteiger partial charge on any atom is -0.619 e. The van der Waals surface area contributed by atoms with E-state index < -0.39 is 0 Å². The zero-order valence-electron chi connectivity index (χ0n) is 17.1. The Hall–Kier alpha value is -3.54. The van der Waals surface area contributed by atoms with Gasteiger partial charge in [0, 0.05) is 49.7 Å². The highest BCUT2D eigenvalue weighted by molar-refractivity contribution is 5.89. The summed E-state index contributed by atoms with van der Waals surface area (Å²) in [5.41, 5.74) is 4.12. The Labute approximate surface area is 177 Å². The molecule has 0 aliphatic carbocycles. The van der Waals surface area contributed by atoms with Crippen LogP contribution in [0.15, 0.2) is 79.1 Å². The Kier molecular flexibility index (Phi) is 5.84. The van der Waals surface area contributed by atoms with Gasteiger partial charge in [0.1, 0.15) is 0 Å². The van der Waals surface area contributed by atoms with E-state index in [1.807, 2.05) is 61.6 Å². The van der Waals surface area contributed by atoms with Crippen LogP contribution in [0, 0.1) is 5.21 Å². The quantitative estimate of drug-likeness (QED) is 0.527. The molecule has 2 aromatic carbocycles. The number of hydrogen-bond donors (Lipinski definition) is 1. The summed E-state index contributed by atoms with van der Waals surface area (Å²) in [5, 5.41) is 14.2. The minimum atomic E-state index is -0.0898. The predicted octanol–water partition coefficient (Wildman–Crippen LogP) is 4.12. The van der Waals surface area contributed by atoms with Crippen molar-refractivity contribution >= 4 is 17.4 Å². The third-order valence-corrected chi connectivity index (χ3v) is 5.73. The zero-order valence-corrected chi connectivity index (χ0v) is 17.1. The van der Waals surface area contributed by atoms with E-state index in [-0.39, 0.29) is 12.1 Å². The molecule has 4 rings (SSSR count). The number of anilines is 2. The van der Waals surface area contributed by atoms with Crippen LogP contribution in [0.1, 0.15) is 12.8 Å². The molecule has 6 nitrogen and oxygen atoms in total. The summed E-state index contributed by atoms with van der Waals surface area (Å²) in [6.07, 6.45) is 4.82. The number of aromatic nitrogens is 1. The van der Waals surface area contributed by atoms with Crippen molar-refractivity contribution in [3.63, 3.8) is 0 Å². The average molecular weight is 402 g/mol. The van der Waals surface area contributed by atoms with Gasteiger partial charge in [-0.05, 0) is 36.1 Å². The van der Waals surface area contributed by atoms with Crippen LogP contribution in [-0.4, -0.2) is 37.1 Å². The number of pyridine rings is 1. The highest BCUT2D eigenvalue weighted by Gasteiger charge is 2.25. The molecule has 30 heavy (non-hydrogen) atoms. The van der Waals surface area contributed by atoms with E-state index in [1.54, 1.807) is 4.90 Å². The molecule has 1 aromatic heterocycles. The van der Waals surface area contributed by atoms with Crippen molar-refractivity contribution in [1.82, 2.24) is 4.90 Å². The third-order valence-electron chi connectivity index (χ3n) is 5.73. The molecule has 1 N–H and O–H groups in total. The van der Waals surface area contributed by atoms with E-state index in [0.717, 1.165) is 53.2 Å². The Balaban J connectivity index is 1.31. The number of nitrogens with one attached hydrogen (secondary N) is 1. The maximum atomic E-state index is 12.7. The van der Waals surface area contributed by atoms with Gasteiger partial charge in [0.2, 0.25) is 0 Å². The number of amides is 2. The average Bonchev–Trinajstić information content (AvgIpc) is 2.80. The summed E-state index contributed by atoms with van der Waals surface area (Å²) in [5.74, 6) is 0. The topological polar surface area (TPSA) is 62.5 Å². The van der Waals surface area contributed by atoms with Crippen LogP contribution in [0.25, 0.3) is 11.1 Å². The normalized spacial score (nSPS) is 14.4. The molecule has 2 amide bonds. The first-order chi connectivity index (χ1) is 14.6. The van der Waals surface area contributed by atoms with Gasteiger partial charge in [-0.1, -0.05) is 42.5 Å². The number of urea groups is 1. The summed E-state index contributed by atoms with van der Waals surface area (Å²) in [7, 11) is 1.86. The highest BCUT2D eigenvalue weighted by atomic mass is 16.5. The van der Waals surface area contributed by atoms with Gasteiger partial charge < -0.3 is 20.3 Å². The van der Waals surface area contributed by atoms with E-state index in [9.17, 15) is 10.0 Å². The van der Waals surface area contributed by atoms with Gasteiger partial charge >= 0.3 is 6.03 Å². The minimum absolute atomic E-state index is 0.0898. The number of benzene rings is 2. The molecular weight excluding hydrogens is 376 g/mol. The molecule has 1 aliphatic heterocycles. The number of nitrogens with zero attached hydrogens (tertiary/aromatic N) is 3. The second-order valence-electron chi connectivity index (χ2n) is 7.62. The number of rotatable bonds is 4. The van der Waals surface area contributed by atoms with Crippen LogP contribution in [-0.2, 0) is 0 Å². The van der Waals surface area contributed by atoms with E-state index in [2.05, 4.69) is 22.3 Å². The molecule has 2 heterocycles. The zero-order chi connectivity index (χ0) is 20.9. The first-order valence-electron chi connectivity index (χ1n) is 10.2. The van der Waals surface area contributed by atoms with Crippen LogP contribution < -0.4 is 14.9 Å². The van der Waals surface area contributed by atoms with Crippen molar-refractivity contribution in [2.75, 3.05) is 30.4 Å². The highest BCUT2D eigenvalue weighted by Crippen LogP contribution is 2.23. The summed E-state index contributed by atoms with van der Waals surface area (Å²) in [6, 6.07) is 21.9. The molecule has 154 valence electrons. The molecule has 1 aliphatic rings. The lowest BCUT2D eigenvalue weighted by Gasteiger charge is -2.37. The van der Waals surface area contributed by atoms with E-state index in [1.165, 1.54) is 12.4 Å². The molecular formula is C24H26N4O2. The van der Waals surface area contributed by atoms with Crippen LogP contribution >= 0.6 is 0 Å². The van der Waals surface area contributed by atoms with Crippen molar-refractivity contribution in [3.05, 3.63) is 84.3 Å². The molecule has 0 radical (unpaired) electrons. The van der Waals surface area contributed by atoms with Crippen LogP contribution in [0.3, 0.4) is 0 Å². The van der Waals surface area contributed by atoms with Crippen LogP contribution in [0.4, 0.5) is 16.2 Å². The maximum absolute atomic E-state index is 12.7. The smallest absolute Gasteiger partial charge is 0.321 e. The van der Waals surface area contributed by atoms with Crippen molar-refractivity contribution in [1.29, 1.82) is 0 Å². The summed E-state index contributed by atoms with van der Waals surface area (Å²) >= 11 is 0. The fourth-order valence-corrected chi connectivity index (χ4v) is 3.88. The molecule has 3 aromatic rings.